The number of thioether (sulfide) groups is 1. The van der Waals surface area contributed by atoms with Crippen molar-refractivity contribution in [1.29, 1.82) is 0 Å². The van der Waals surface area contributed by atoms with Crippen molar-refractivity contribution < 1.29 is 19.1 Å². The lowest BCUT2D eigenvalue weighted by Gasteiger charge is -2.43. The maximum Gasteiger partial charge on any atom is 0.338 e. The highest BCUT2D eigenvalue weighted by Crippen LogP contribution is 2.25. The summed E-state index contributed by atoms with van der Waals surface area (Å²) in [4.78, 5) is 39.4. The van der Waals surface area contributed by atoms with Gasteiger partial charge in [-0.05, 0) is 37.1 Å². The Kier molecular flexibility index (Phi) is 8.21. The second kappa shape index (κ2) is 11.5. The molecule has 2 amide bonds. The van der Waals surface area contributed by atoms with E-state index in [0.717, 1.165) is 19.5 Å². The first kappa shape index (κ1) is 24.3. The molecule has 2 saturated heterocycles. The van der Waals surface area contributed by atoms with Gasteiger partial charge >= 0.3 is 5.97 Å². The molecule has 9 heteroatoms. The number of carbonyl (C=O) groups is 3. The number of nitrogens with one attached hydrogen (secondary N) is 3. The molecule has 0 radical (unpaired) electrons. The highest BCUT2D eigenvalue weighted by Gasteiger charge is 2.39. The number of benzene rings is 2. The molecule has 2 aliphatic rings. The Labute approximate surface area is 203 Å². The molecule has 2 aliphatic heterocycles. The number of nitrogens with zero attached hydrogens (tertiary/aromatic N) is 1. The van der Waals surface area contributed by atoms with Crippen molar-refractivity contribution in [1.82, 2.24) is 15.5 Å². The number of carbonyl (C=O) groups excluding carboxylic acids is 3. The van der Waals surface area contributed by atoms with Gasteiger partial charge < -0.3 is 15.4 Å². The van der Waals surface area contributed by atoms with Gasteiger partial charge in [0.2, 0.25) is 11.8 Å². The SMILES string of the molecule is CCOC(=O)c1cccc(NC(=O)CSC2NC(=O)C3CN(Cc4ccccc4)CCC3N2)c1. The summed E-state index contributed by atoms with van der Waals surface area (Å²) in [5, 5.41) is 9.29. The van der Waals surface area contributed by atoms with Crippen molar-refractivity contribution >= 4 is 35.2 Å². The van der Waals surface area contributed by atoms with Crippen LogP contribution in [0, 0.1) is 5.92 Å². The summed E-state index contributed by atoms with van der Waals surface area (Å²) in [5.41, 5.74) is 1.85. The second-order valence-electron chi connectivity index (χ2n) is 8.44. The number of esters is 1. The van der Waals surface area contributed by atoms with Gasteiger partial charge in [0.1, 0.15) is 5.50 Å². The third kappa shape index (κ3) is 6.37. The Morgan fingerprint density at radius 2 is 2.00 bits per heavy atom. The number of anilines is 1. The number of hydrogen-bond acceptors (Lipinski definition) is 7. The molecule has 0 saturated carbocycles. The average molecular weight is 483 g/mol. The van der Waals surface area contributed by atoms with E-state index in [9.17, 15) is 14.4 Å². The molecule has 3 N–H and O–H groups in total. The van der Waals surface area contributed by atoms with Crippen LogP contribution in [-0.4, -0.2) is 59.7 Å². The van der Waals surface area contributed by atoms with E-state index in [4.69, 9.17) is 4.74 Å². The topological polar surface area (TPSA) is 99.8 Å². The van der Waals surface area contributed by atoms with Gasteiger partial charge in [0.15, 0.2) is 0 Å². The quantitative estimate of drug-likeness (QED) is 0.497. The minimum absolute atomic E-state index is 0.0292. The number of piperidine rings is 1. The molecule has 0 bridgehead atoms. The molecule has 3 unspecified atom stereocenters. The van der Waals surface area contributed by atoms with E-state index >= 15 is 0 Å². The third-order valence-corrected chi connectivity index (χ3v) is 6.98. The van der Waals surface area contributed by atoms with Gasteiger partial charge in [-0.1, -0.05) is 36.4 Å². The smallest absolute Gasteiger partial charge is 0.338 e. The molecule has 2 heterocycles. The number of rotatable bonds is 8. The maximum atomic E-state index is 12.8. The number of amides is 2. The van der Waals surface area contributed by atoms with Gasteiger partial charge in [-0.25, -0.2) is 4.79 Å². The Balaban J connectivity index is 1.24. The van der Waals surface area contributed by atoms with Crippen molar-refractivity contribution in [3.05, 3.63) is 65.7 Å². The van der Waals surface area contributed by atoms with Crippen LogP contribution in [0.3, 0.4) is 0 Å². The molecule has 34 heavy (non-hydrogen) atoms. The Morgan fingerprint density at radius 3 is 2.79 bits per heavy atom. The summed E-state index contributed by atoms with van der Waals surface area (Å²) >= 11 is 1.35. The van der Waals surface area contributed by atoms with Crippen LogP contribution in [0.4, 0.5) is 5.69 Å². The zero-order valence-electron chi connectivity index (χ0n) is 19.2. The monoisotopic (exact) mass is 482 g/mol. The molecule has 2 fully saturated rings. The van der Waals surface area contributed by atoms with Crippen LogP contribution >= 0.6 is 11.8 Å². The molecule has 0 spiro atoms. The zero-order valence-corrected chi connectivity index (χ0v) is 20.0. The van der Waals surface area contributed by atoms with Gasteiger partial charge in [-0.2, -0.15) is 0 Å². The minimum Gasteiger partial charge on any atom is -0.462 e. The molecule has 4 rings (SSSR count). The van der Waals surface area contributed by atoms with Crippen LogP contribution in [0.15, 0.2) is 54.6 Å². The average Bonchev–Trinajstić information content (AvgIpc) is 2.84. The fourth-order valence-electron chi connectivity index (χ4n) is 4.33. The van der Waals surface area contributed by atoms with Gasteiger partial charge in [0, 0.05) is 31.4 Å². The summed E-state index contributed by atoms with van der Waals surface area (Å²) in [6, 6.07) is 17.0. The van der Waals surface area contributed by atoms with Crippen molar-refractivity contribution in [3.63, 3.8) is 0 Å². The molecule has 180 valence electrons. The summed E-state index contributed by atoms with van der Waals surface area (Å²) in [7, 11) is 0. The fraction of sp³-hybridized carbons (Fsp3) is 0.400. The number of fused-ring (bicyclic) bond motifs is 1. The molecule has 2 aromatic carbocycles. The fourth-order valence-corrected chi connectivity index (χ4v) is 5.19. The van der Waals surface area contributed by atoms with Crippen LogP contribution in [0.1, 0.15) is 29.3 Å². The van der Waals surface area contributed by atoms with Crippen molar-refractivity contribution in [2.45, 2.75) is 31.4 Å². The lowest BCUT2D eigenvalue weighted by Crippen LogP contribution is -2.64. The summed E-state index contributed by atoms with van der Waals surface area (Å²) < 4.78 is 5.00. The Morgan fingerprint density at radius 1 is 1.18 bits per heavy atom. The lowest BCUT2D eigenvalue weighted by atomic mass is 9.89. The molecule has 2 aromatic rings. The predicted molar refractivity (Wildman–Crippen MR) is 132 cm³/mol. The van der Waals surface area contributed by atoms with E-state index in [-0.39, 0.29) is 35.0 Å². The van der Waals surface area contributed by atoms with Crippen molar-refractivity contribution in [3.8, 4) is 0 Å². The normalized spacial score (nSPS) is 22.4. The highest BCUT2D eigenvalue weighted by atomic mass is 32.2. The largest absolute Gasteiger partial charge is 0.462 e. The third-order valence-electron chi connectivity index (χ3n) is 5.96. The summed E-state index contributed by atoms with van der Waals surface area (Å²) in [6.07, 6.45) is 0.884. The highest BCUT2D eigenvalue weighted by molar-refractivity contribution is 8.00. The molecule has 0 aliphatic carbocycles. The molecule has 8 nitrogen and oxygen atoms in total. The van der Waals surface area contributed by atoms with E-state index in [1.807, 2.05) is 18.2 Å². The summed E-state index contributed by atoms with van der Waals surface area (Å²) in [5.74, 6) is -0.539. The van der Waals surface area contributed by atoms with Crippen LogP contribution in [0.5, 0.6) is 0 Å². The predicted octanol–water partition coefficient (Wildman–Crippen LogP) is 2.43. The number of likely N-dealkylation sites (tertiary alicyclic amines) is 1. The lowest BCUT2D eigenvalue weighted by molar-refractivity contribution is -0.130. The van der Waals surface area contributed by atoms with Gasteiger partial charge in [-0.15, -0.1) is 11.8 Å². The first-order valence-electron chi connectivity index (χ1n) is 11.5. The first-order chi connectivity index (χ1) is 16.5. The van der Waals surface area contributed by atoms with E-state index in [0.29, 0.717) is 24.4 Å². The van der Waals surface area contributed by atoms with Crippen LogP contribution < -0.4 is 16.0 Å². The summed E-state index contributed by atoms with van der Waals surface area (Å²) in [6.45, 7) is 4.51. The van der Waals surface area contributed by atoms with Gasteiger partial charge in [-0.3, -0.25) is 19.8 Å². The van der Waals surface area contributed by atoms with Crippen molar-refractivity contribution in [2.75, 3.05) is 30.8 Å². The number of ether oxygens (including phenoxy) is 1. The van der Waals surface area contributed by atoms with Crippen LogP contribution in [-0.2, 0) is 20.9 Å². The first-order valence-corrected chi connectivity index (χ1v) is 12.6. The second-order valence-corrected chi connectivity index (χ2v) is 9.53. The molecular weight excluding hydrogens is 452 g/mol. The molecule has 3 atom stereocenters. The van der Waals surface area contributed by atoms with Crippen LogP contribution in [0.2, 0.25) is 0 Å². The van der Waals surface area contributed by atoms with Gasteiger partial charge in [0.05, 0.1) is 23.8 Å². The van der Waals surface area contributed by atoms with Crippen LogP contribution in [0.25, 0.3) is 0 Å². The van der Waals surface area contributed by atoms with E-state index in [2.05, 4.69) is 33.0 Å². The molecular formula is C25H30N4O4S. The van der Waals surface area contributed by atoms with E-state index < -0.39 is 5.97 Å². The number of hydrogen-bond donors (Lipinski definition) is 3. The van der Waals surface area contributed by atoms with E-state index in [1.165, 1.54) is 17.3 Å². The van der Waals surface area contributed by atoms with E-state index in [1.54, 1.807) is 31.2 Å². The Hall–Kier alpha value is -2.88. The Bertz CT molecular complexity index is 1020. The van der Waals surface area contributed by atoms with Gasteiger partial charge in [0.25, 0.3) is 0 Å². The van der Waals surface area contributed by atoms with Crippen molar-refractivity contribution in [2.24, 2.45) is 5.92 Å². The standard InChI is InChI=1S/C25H30N4O4S/c1-2-33-24(32)18-9-6-10-19(13-18)26-22(30)16-34-25-27-21-11-12-29(15-20(21)23(31)28-25)14-17-7-4-3-5-8-17/h3-10,13,20-21,25,27H,2,11-12,14-16H2,1H3,(H,26,30)(H,28,31). The minimum atomic E-state index is -0.425. The maximum absolute atomic E-state index is 12.8. The molecule has 0 aromatic heterocycles. The zero-order chi connectivity index (χ0) is 23.9.